The zero-order valence-electron chi connectivity index (χ0n) is 6.97. The molecule has 0 saturated heterocycles. The molecule has 0 unspecified atom stereocenters. The van der Waals surface area contributed by atoms with Crippen LogP contribution in [0.2, 0.25) is 4.47 Å². The molecule has 2 rings (SSSR count). The first-order valence-corrected chi connectivity index (χ1v) is 5.67. The molecule has 78 valence electrons. The largest absolute Gasteiger partial charge is 0.204 e. The number of halogens is 4. The molecule has 1 heterocycles. The summed E-state index contributed by atoms with van der Waals surface area (Å²) in [6.07, 6.45) is 0. The second-order valence-electron chi connectivity index (χ2n) is 2.59. The third kappa shape index (κ3) is 2.02. The molecule has 2 aromatic rings. The topological polar surface area (TPSA) is 25.8 Å². The molecule has 0 fully saturated rings. The van der Waals surface area contributed by atoms with Gasteiger partial charge in [0.15, 0.2) is 17.5 Å². The van der Waals surface area contributed by atoms with Crippen molar-refractivity contribution in [3.63, 3.8) is 0 Å². The lowest BCUT2D eigenvalue weighted by Crippen LogP contribution is -1.90. The van der Waals surface area contributed by atoms with Crippen molar-refractivity contribution in [2.45, 2.75) is 0 Å². The standard InChI is InChI=1S/C8H2BrClF2N2S/c9-5-3(1-2-4(11)6(5)12)7-13-8(10)15-14-7/h1-2H. The molecule has 0 amide bonds. The summed E-state index contributed by atoms with van der Waals surface area (Å²) in [5.74, 6) is -1.61. The Morgan fingerprint density at radius 3 is 2.67 bits per heavy atom. The second kappa shape index (κ2) is 4.11. The van der Waals surface area contributed by atoms with Gasteiger partial charge in [-0.3, -0.25) is 0 Å². The van der Waals surface area contributed by atoms with Gasteiger partial charge in [0.25, 0.3) is 0 Å². The first kappa shape index (κ1) is 10.9. The summed E-state index contributed by atoms with van der Waals surface area (Å²) in [5, 5.41) is 0. The van der Waals surface area contributed by atoms with Crippen molar-refractivity contribution in [3.8, 4) is 11.4 Å². The van der Waals surface area contributed by atoms with E-state index in [-0.39, 0.29) is 14.8 Å². The number of hydrogen-bond donors (Lipinski definition) is 0. The zero-order chi connectivity index (χ0) is 11.0. The van der Waals surface area contributed by atoms with Crippen molar-refractivity contribution >= 4 is 39.1 Å². The Kier molecular flexibility index (Phi) is 2.99. The predicted octanol–water partition coefficient (Wildman–Crippen LogP) is 3.90. The monoisotopic (exact) mass is 310 g/mol. The summed E-state index contributed by atoms with van der Waals surface area (Å²) in [6, 6.07) is 2.41. The van der Waals surface area contributed by atoms with Crippen LogP contribution in [0.15, 0.2) is 16.6 Å². The van der Waals surface area contributed by atoms with Crippen LogP contribution in [0.5, 0.6) is 0 Å². The van der Waals surface area contributed by atoms with Crippen molar-refractivity contribution in [2.75, 3.05) is 0 Å². The fourth-order valence-corrected chi connectivity index (χ4v) is 2.12. The van der Waals surface area contributed by atoms with E-state index in [1.807, 2.05) is 0 Å². The van der Waals surface area contributed by atoms with Gasteiger partial charge in [-0.15, -0.1) is 0 Å². The maximum absolute atomic E-state index is 13.2. The fourth-order valence-electron chi connectivity index (χ4n) is 1.01. The Hall–Kier alpha value is -0.590. The van der Waals surface area contributed by atoms with E-state index in [2.05, 4.69) is 25.3 Å². The summed E-state index contributed by atoms with van der Waals surface area (Å²) in [4.78, 5) is 3.87. The Balaban J connectivity index is 2.59. The minimum atomic E-state index is -0.960. The second-order valence-corrected chi connectivity index (χ2v) is 4.72. The van der Waals surface area contributed by atoms with Gasteiger partial charge in [-0.2, -0.15) is 4.37 Å². The molecule has 0 radical (unpaired) electrons. The highest BCUT2D eigenvalue weighted by molar-refractivity contribution is 9.10. The summed E-state index contributed by atoms with van der Waals surface area (Å²) in [7, 11) is 0. The van der Waals surface area contributed by atoms with Gasteiger partial charge in [-0.1, -0.05) is 0 Å². The molecule has 0 atom stereocenters. The quantitative estimate of drug-likeness (QED) is 0.747. The highest BCUT2D eigenvalue weighted by Crippen LogP contribution is 2.31. The predicted molar refractivity (Wildman–Crippen MR) is 58.0 cm³/mol. The third-order valence-electron chi connectivity index (χ3n) is 1.68. The van der Waals surface area contributed by atoms with Gasteiger partial charge in [-0.25, -0.2) is 13.8 Å². The Morgan fingerprint density at radius 2 is 2.07 bits per heavy atom. The van der Waals surface area contributed by atoms with E-state index < -0.39 is 11.6 Å². The molecule has 2 nitrogen and oxygen atoms in total. The van der Waals surface area contributed by atoms with Gasteiger partial charge in [0, 0.05) is 5.56 Å². The minimum Gasteiger partial charge on any atom is -0.204 e. The molecule has 0 spiro atoms. The van der Waals surface area contributed by atoms with Crippen LogP contribution in [0.3, 0.4) is 0 Å². The average molecular weight is 312 g/mol. The highest BCUT2D eigenvalue weighted by atomic mass is 79.9. The molecule has 15 heavy (non-hydrogen) atoms. The van der Waals surface area contributed by atoms with E-state index in [4.69, 9.17) is 11.6 Å². The van der Waals surface area contributed by atoms with Crippen molar-refractivity contribution < 1.29 is 8.78 Å². The zero-order valence-corrected chi connectivity index (χ0v) is 10.1. The Bertz CT molecular complexity index is 517. The minimum absolute atomic E-state index is 0.00281. The van der Waals surface area contributed by atoms with Gasteiger partial charge in [0.1, 0.15) is 0 Å². The fraction of sp³-hybridized carbons (Fsp3) is 0. The summed E-state index contributed by atoms with van der Waals surface area (Å²) in [6.45, 7) is 0. The van der Waals surface area contributed by atoms with Crippen molar-refractivity contribution in [2.24, 2.45) is 0 Å². The molecular formula is C8H2BrClF2N2S. The first-order chi connectivity index (χ1) is 7.09. The van der Waals surface area contributed by atoms with Gasteiger partial charge in [0.2, 0.25) is 4.47 Å². The van der Waals surface area contributed by atoms with Crippen LogP contribution >= 0.6 is 39.1 Å². The van der Waals surface area contributed by atoms with E-state index >= 15 is 0 Å². The smallest absolute Gasteiger partial charge is 0.203 e. The highest BCUT2D eigenvalue weighted by Gasteiger charge is 2.15. The summed E-state index contributed by atoms with van der Waals surface area (Å²) in [5.41, 5.74) is 0.372. The van der Waals surface area contributed by atoms with Crippen LogP contribution in [-0.2, 0) is 0 Å². The van der Waals surface area contributed by atoms with E-state index in [1.165, 1.54) is 6.07 Å². The number of aromatic nitrogens is 2. The average Bonchev–Trinajstić information content (AvgIpc) is 2.61. The molecule has 0 aliphatic carbocycles. The van der Waals surface area contributed by atoms with E-state index in [9.17, 15) is 8.78 Å². The van der Waals surface area contributed by atoms with Crippen LogP contribution < -0.4 is 0 Å². The van der Waals surface area contributed by atoms with Crippen LogP contribution in [0, 0.1) is 11.6 Å². The maximum atomic E-state index is 13.2. The molecule has 1 aromatic heterocycles. The Morgan fingerprint density at radius 1 is 1.33 bits per heavy atom. The van der Waals surface area contributed by atoms with E-state index in [0.29, 0.717) is 5.56 Å². The molecule has 0 bridgehead atoms. The number of hydrogen-bond acceptors (Lipinski definition) is 3. The summed E-state index contributed by atoms with van der Waals surface area (Å²) >= 11 is 9.52. The van der Waals surface area contributed by atoms with Crippen LogP contribution in [0.4, 0.5) is 8.78 Å². The lowest BCUT2D eigenvalue weighted by molar-refractivity contribution is 0.504. The van der Waals surface area contributed by atoms with Crippen molar-refractivity contribution in [1.29, 1.82) is 0 Å². The molecule has 7 heteroatoms. The van der Waals surface area contributed by atoms with Gasteiger partial charge in [-0.05, 0) is 51.2 Å². The number of rotatable bonds is 1. The molecule has 0 saturated carbocycles. The molecule has 0 aliphatic heterocycles. The molecule has 1 aromatic carbocycles. The number of nitrogens with zero attached hydrogens (tertiary/aromatic N) is 2. The van der Waals surface area contributed by atoms with Crippen LogP contribution in [-0.4, -0.2) is 9.36 Å². The van der Waals surface area contributed by atoms with Crippen LogP contribution in [0.25, 0.3) is 11.4 Å². The number of benzene rings is 1. The first-order valence-electron chi connectivity index (χ1n) is 3.72. The normalized spacial score (nSPS) is 10.7. The lowest BCUT2D eigenvalue weighted by Gasteiger charge is -2.01. The molecule has 0 aliphatic rings. The third-order valence-corrected chi connectivity index (χ3v) is 3.25. The maximum Gasteiger partial charge on any atom is 0.203 e. The SMILES string of the molecule is Fc1ccc(-c2nsc(Cl)n2)c(Br)c1F. The molecule has 0 N–H and O–H groups in total. The molecular weight excluding hydrogens is 310 g/mol. The van der Waals surface area contributed by atoms with E-state index in [0.717, 1.165) is 17.6 Å². The van der Waals surface area contributed by atoms with Crippen molar-refractivity contribution in [1.82, 2.24) is 9.36 Å². The van der Waals surface area contributed by atoms with Gasteiger partial charge < -0.3 is 0 Å². The summed E-state index contributed by atoms with van der Waals surface area (Å²) < 4.78 is 30.1. The van der Waals surface area contributed by atoms with Gasteiger partial charge >= 0.3 is 0 Å². The van der Waals surface area contributed by atoms with Crippen molar-refractivity contribution in [3.05, 3.63) is 32.7 Å². The van der Waals surface area contributed by atoms with Gasteiger partial charge in [0.05, 0.1) is 4.47 Å². The lowest BCUT2D eigenvalue weighted by atomic mass is 10.2. The van der Waals surface area contributed by atoms with Crippen LogP contribution in [0.1, 0.15) is 0 Å². The Labute approximate surface area is 101 Å². The van der Waals surface area contributed by atoms with E-state index in [1.54, 1.807) is 0 Å².